The zero-order chi connectivity index (χ0) is 14.7. The summed E-state index contributed by atoms with van der Waals surface area (Å²) in [5, 5.41) is 0.762. The molecule has 3 rings (SSSR count). The van der Waals surface area contributed by atoms with Gasteiger partial charge in [0, 0.05) is 5.56 Å². The van der Waals surface area contributed by atoms with Crippen LogP contribution < -0.4 is 21.7 Å². The van der Waals surface area contributed by atoms with E-state index in [4.69, 9.17) is 4.74 Å². The van der Waals surface area contributed by atoms with Gasteiger partial charge in [0.15, 0.2) is 10.9 Å². The number of imidazole rings is 1. The second-order valence-electron chi connectivity index (χ2n) is 4.50. The summed E-state index contributed by atoms with van der Waals surface area (Å²) in [4.78, 5) is 19.8. The largest absolute Gasteiger partial charge is 1.00 e. The fraction of sp³-hybridized carbons (Fsp3) is 0.125. The number of aromatic nitrogens is 2. The van der Waals surface area contributed by atoms with Crippen molar-refractivity contribution in [2.75, 3.05) is 12.9 Å². The number of Topliss-reactive ketones (excluding diaryl/α,β-unsaturated/α-hetero) is 1. The Balaban J connectivity index is 0.00000176. The van der Waals surface area contributed by atoms with Gasteiger partial charge in [-0.3, -0.25) is 4.79 Å². The van der Waals surface area contributed by atoms with Gasteiger partial charge >= 0.3 is 0 Å². The Morgan fingerprint density at radius 2 is 1.91 bits per heavy atom. The van der Waals surface area contributed by atoms with Crippen LogP contribution in [0.3, 0.4) is 0 Å². The summed E-state index contributed by atoms with van der Waals surface area (Å²) in [6.45, 7) is 0. The molecule has 0 spiro atoms. The predicted octanol–water partition coefficient (Wildman–Crippen LogP) is 0.550. The molecule has 114 valence electrons. The van der Waals surface area contributed by atoms with Crippen molar-refractivity contribution in [1.29, 1.82) is 0 Å². The van der Waals surface area contributed by atoms with E-state index in [1.807, 2.05) is 24.3 Å². The third kappa shape index (κ3) is 3.69. The maximum atomic E-state index is 12.1. The SMILES string of the molecule is COc1ccc(C(=O)CSc2nc3ccccc3[nH]2)cc1.[Br-]. The summed E-state index contributed by atoms with van der Waals surface area (Å²) in [5.74, 6) is 1.17. The van der Waals surface area contributed by atoms with E-state index in [1.54, 1.807) is 31.4 Å². The number of hydrogen-bond acceptors (Lipinski definition) is 4. The predicted molar refractivity (Wildman–Crippen MR) is 84.1 cm³/mol. The zero-order valence-corrected chi connectivity index (χ0v) is 14.3. The molecule has 4 nitrogen and oxygen atoms in total. The molecule has 1 N–H and O–H groups in total. The number of hydrogen-bond donors (Lipinski definition) is 1. The average Bonchev–Trinajstić information content (AvgIpc) is 2.95. The Bertz CT molecular complexity index is 738. The highest BCUT2D eigenvalue weighted by molar-refractivity contribution is 7.99. The van der Waals surface area contributed by atoms with Crippen LogP contribution in [0, 0.1) is 0 Å². The van der Waals surface area contributed by atoms with Gasteiger partial charge in [-0.05, 0) is 36.4 Å². The number of halogens is 1. The molecule has 0 radical (unpaired) electrons. The number of rotatable bonds is 5. The lowest BCUT2D eigenvalue weighted by Gasteiger charge is -2.02. The number of nitrogens with zero attached hydrogens (tertiary/aromatic N) is 1. The number of nitrogens with one attached hydrogen (secondary N) is 1. The smallest absolute Gasteiger partial charge is 0.173 e. The summed E-state index contributed by atoms with van der Waals surface area (Å²) >= 11 is 1.41. The number of ketones is 1. The summed E-state index contributed by atoms with van der Waals surface area (Å²) in [7, 11) is 1.61. The maximum absolute atomic E-state index is 12.1. The van der Waals surface area contributed by atoms with E-state index >= 15 is 0 Å². The summed E-state index contributed by atoms with van der Waals surface area (Å²) in [6.07, 6.45) is 0. The van der Waals surface area contributed by atoms with Gasteiger partial charge in [-0.1, -0.05) is 23.9 Å². The second-order valence-corrected chi connectivity index (χ2v) is 5.46. The fourth-order valence-corrected chi connectivity index (χ4v) is 2.77. The lowest BCUT2D eigenvalue weighted by molar-refractivity contribution is -0.0000123. The molecule has 0 saturated carbocycles. The van der Waals surface area contributed by atoms with Gasteiger partial charge in [-0.15, -0.1) is 0 Å². The first-order chi connectivity index (χ1) is 10.3. The van der Waals surface area contributed by atoms with Crippen LogP contribution in [0.1, 0.15) is 10.4 Å². The average molecular weight is 378 g/mol. The third-order valence-electron chi connectivity index (χ3n) is 3.12. The first-order valence-corrected chi connectivity index (χ1v) is 7.49. The molecule has 0 amide bonds. The number of thioether (sulfide) groups is 1. The Morgan fingerprint density at radius 3 is 2.59 bits per heavy atom. The highest BCUT2D eigenvalue weighted by Crippen LogP contribution is 2.20. The first kappa shape index (κ1) is 16.6. The monoisotopic (exact) mass is 377 g/mol. The van der Waals surface area contributed by atoms with Gasteiger partial charge < -0.3 is 26.7 Å². The molecule has 1 heterocycles. The minimum absolute atomic E-state index is 0. The molecule has 0 aliphatic carbocycles. The van der Waals surface area contributed by atoms with Crippen LogP contribution in [-0.4, -0.2) is 28.6 Å². The Hall–Kier alpha value is -1.79. The van der Waals surface area contributed by atoms with Gasteiger partial charge in [0.2, 0.25) is 0 Å². The van der Waals surface area contributed by atoms with Crippen molar-refractivity contribution in [2.24, 2.45) is 0 Å². The Kier molecular flexibility index (Phi) is 5.63. The number of carbonyl (C=O) groups excluding carboxylic acids is 1. The molecular weight excluding hydrogens is 364 g/mol. The van der Waals surface area contributed by atoms with Crippen molar-refractivity contribution >= 4 is 28.6 Å². The van der Waals surface area contributed by atoms with E-state index in [-0.39, 0.29) is 22.8 Å². The molecular formula is C16H14BrN2O2S-. The number of H-pyrrole nitrogens is 1. The molecule has 3 aromatic rings. The van der Waals surface area contributed by atoms with E-state index in [0.717, 1.165) is 21.9 Å². The van der Waals surface area contributed by atoms with Crippen molar-refractivity contribution in [3.8, 4) is 5.75 Å². The van der Waals surface area contributed by atoms with Crippen molar-refractivity contribution in [3.63, 3.8) is 0 Å². The maximum Gasteiger partial charge on any atom is 0.173 e. The molecule has 0 atom stereocenters. The standard InChI is InChI=1S/C16H14N2O2S.BrH/c1-20-12-8-6-11(7-9-12)15(19)10-21-16-17-13-4-2-3-5-14(13)18-16;/h2-9H,10H2,1H3,(H,17,18);1H/p-1. The quantitative estimate of drug-likeness (QED) is 0.521. The zero-order valence-electron chi connectivity index (χ0n) is 11.9. The van der Waals surface area contributed by atoms with Crippen molar-refractivity contribution in [2.45, 2.75) is 5.16 Å². The first-order valence-electron chi connectivity index (χ1n) is 6.51. The van der Waals surface area contributed by atoms with E-state index in [1.165, 1.54) is 11.8 Å². The highest BCUT2D eigenvalue weighted by Gasteiger charge is 2.09. The molecule has 6 heteroatoms. The Labute approximate surface area is 143 Å². The third-order valence-corrected chi connectivity index (χ3v) is 3.99. The van der Waals surface area contributed by atoms with Gasteiger partial charge in [0.1, 0.15) is 5.75 Å². The van der Waals surface area contributed by atoms with Crippen LogP contribution in [0.2, 0.25) is 0 Å². The number of fused-ring (bicyclic) bond motifs is 1. The number of carbonyl (C=O) groups is 1. The molecule has 0 fully saturated rings. The van der Waals surface area contributed by atoms with Crippen LogP contribution in [0.15, 0.2) is 53.7 Å². The number of para-hydroxylation sites is 2. The fourth-order valence-electron chi connectivity index (χ4n) is 1.99. The summed E-state index contributed by atoms with van der Waals surface area (Å²) in [6, 6.07) is 15.0. The summed E-state index contributed by atoms with van der Waals surface area (Å²) in [5.41, 5.74) is 2.58. The molecule has 22 heavy (non-hydrogen) atoms. The van der Waals surface area contributed by atoms with Gasteiger partial charge in [-0.2, -0.15) is 0 Å². The van der Waals surface area contributed by atoms with Gasteiger partial charge in [-0.25, -0.2) is 4.98 Å². The van der Waals surface area contributed by atoms with Crippen LogP contribution in [-0.2, 0) is 0 Å². The molecule has 0 bridgehead atoms. The molecule has 0 unspecified atom stereocenters. The van der Waals surface area contributed by atoms with Gasteiger partial charge in [0.05, 0.1) is 23.9 Å². The number of ether oxygens (including phenoxy) is 1. The van der Waals surface area contributed by atoms with Gasteiger partial charge in [0.25, 0.3) is 0 Å². The lowest BCUT2D eigenvalue weighted by atomic mass is 10.1. The van der Waals surface area contributed by atoms with Crippen LogP contribution in [0.5, 0.6) is 5.75 Å². The highest BCUT2D eigenvalue weighted by atomic mass is 79.9. The topological polar surface area (TPSA) is 55.0 Å². The minimum Gasteiger partial charge on any atom is -1.00 e. The van der Waals surface area contributed by atoms with E-state index in [0.29, 0.717) is 11.3 Å². The molecule has 0 aliphatic heterocycles. The number of aromatic amines is 1. The molecule has 1 aromatic heterocycles. The van der Waals surface area contributed by atoms with Crippen LogP contribution in [0.4, 0.5) is 0 Å². The van der Waals surface area contributed by atoms with E-state index in [2.05, 4.69) is 9.97 Å². The van der Waals surface area contributed by atoms with Crippen LogP contribution >= 0.6 is 11.8 Å². The number of methoxy groups -OCH3 is 1. The van der Waals surface area contributed by atoms with E-state index in [9.17, 15) is 4.79 Å². The Morgan fingerprint density at radius 1 is 1.18 bits per heavy atom. The minimum atomic E-state index is 0. The second kappa shape index (κ2) is 7.47. The van der Waals surface area contributed by atoms with Crippen LogP contribution in [0.25, 0.3) is 11.0 Å². The van der Waals surface area contributed by atoms with Crippen molar-refractivity contribution < 1.29 is 26.5 Å². The van der Waals surface area contributed by atoms with E-state index < -0.39 is 0 Å². The summed E-state index contributed by atoms with van der Waals surface area (Å²) < 4.78 is 5.08. The molecule has 0 aliphatic rings. The normalized spacial score (nSPS) is 10.2. The van der Waals surface area contributed by atoms with Crippen molar-refractivity contribution in [3.05, 3.63) is 54.1 Å². The lowest BCUT2D eigenvalue weighted by Crippen LogP contribution is -3.00. The van der Waals surface area contributed by atoms with Crippen molar-refractivity contribution in [1.82, 2.24) is 9.97 Å². The molecule has 0 saturated heterocycles. The molecule has 2 aromatic carbocycles. The number of benzene rings is 2.